The minimum atomic E-state index is -6.29. The minimum absolute atomic E-state index is 0.0220. The lowest BCUT2D eigenvalue weighted by Crippen LogP contribution is -2.97. The van der Waals surface area contributed by atoms with Crippen LogP contribution in [0, 0.1) is 175 Å². The average Bonchev–Trinajstić information content (AvgIpc) is 0.670. The molecule has 10 aromatic rings. The maximum absolute atomic E-state index is 17.3. The van der Waals surface area contributed by atoms with Crippen molar-refractivity contribution in [3.63, 3.8) is 0 Å². The molecule has 37 heteroatoms. The van der Waals surface area contributed by atoms with Crippen molar-refractivity contribution in [3.05, 3.63) is 223 Å². The second kappa shape index (κ2) is 25.5. The molecule has 0 aliphatic carbocycles. The first-order valence-corrected chi connectivity index (χ1v) is 25.3. The standard InChI is InChI=1S/C40H8BF20.C12F10.C6H10F5N/c42-13-5-1-9-17(25(13)46)29(50)37(58)33(54)21(9)41(22-10-2-6-14(43)26(47)18(10)30(51)38(59)34(22)55,23-11-3-7-15(44)27(48)19(11)31(52)39(60)35(23)56)24-12-4-8-16(45)28(49)20(12)32(53)40(61)36(24)57;13-3-1(4(14)8(18)11(21)7(3)17)2-5(15)9(19)12(22)10(20)6(2)16;1-2-3-4-12-6(10,11)5(7,8)9/h1-8H;;12H,2-4H2,1H3/q-1;;/p+1. The number of halogens is 35. The third-order valence-electron chi connectivity index (χ3n) is 14.6. The maximum Gasteiger partial charge on any atom is 0.514 e. The summed E-state index contributed by atoms with van der Waals surface area (Å²) < 4.78 is 508. The zero-order valence-electron chi connectivity index (χ0n) is 45.1. The fourth-order valence-corrected chi connectivity index (χ4v) is 10.5. The molecule has 0 saturated heterocycles. The van der Waals surface area contributed by atoms with E-state index in [1.807, 2.05) is 0 Å². The molecule has 0 heterocycles. The van der Waals surface area contributed by atoms with E-state index < -0.39 is 269 Å². The van der Waals surface area contributed by atoms with E-state index in [1.54, 1.807) is 6.92 Å². The number of benzene rings is 10. The van der Waals surface area contributed by atoms with Crippen molar-refractivity contribution < 1.29 is 159 Å². The zero-order valence-corrected chi connectivity index (χ0v) is 45.1. The minimum Gasteiger partial charge on any atom is -0.277 e. The number of unbranched alkanes of at least 4 members (excludes halogenated alkanes) is 1. The molecule has 0 bridgehead atoms. The van der Waals surface area contributed by atoms with Gasteiger partial charge in [0.2, 0.25) is 11.6 Å². The molecule has 0 amide bonds. The highest BCUT2D eigenvalue weighted by atomic mass is 19.4. The number of hydrogen-bond acceptors (Lipinski definition) is 0. The number of rotatable bonds is 9. The van der Waals surface area contributed by atoms with E-state index in [-0.39, 0.29) is 60.4 Å². The predicted octanol–water partition coefficient (Wildman–Crippen LogP) is 16.7. The van der Waals surface area contributed by atoms with Gasteiger partial charge in [0.25, 0.3) is 0 Å². The molecule has 0 aliphatic rings. The summed E-state index contributed by atoms with van der Waals surface area (Å²) in [5.41, 5.74) is -14.3. The second-order valence-electron chi connectivity index (χ2n) is 19.8. The highest BCUT2D eigenvalue weighted by molar-refractivity contribution is 7.23. The van der Waals surface area contributed by atoms with Crippen LogP contribution in [-0.4, -0.2) is 24.9 Å². The van der Waals surface area contributed by atoms with E-state index in [4.69, 9.17) is 0 Å². The van der Waals surface area contributed by atoms with Crippen LogP contribution < -0.4 is 27.2 Å². The van der Waals surface area contributed by atoms with Gasteiger partial charge in [-0.1, -0.05) is 37.6 Å². The Morgan fingerprint density at radius 1 is 0.263 bits per heavy atom. The summed E-state index contributed by atoms with van der Waals surface area (Å²) in [6.45, 7) is 1.52. The molecule has 0 saturated carbocycles. The first-order chi connectivity index (χ1) is 44.1. The highest BCUT2D eigenvalue weighted by Gasteiger charge is 2.62. The van der Waals surface area contributed by atoms with Gasteiger partial charge in [-0.15, -0.1) is 30.6 Å². The summed E-state index contributed by atoms with van der Waals surface area (Å²) in [6.07, 6.45) is -10.8. The number of nitrogens with two attached hydrogens (primary N) is 1. The predicted molar refractivity (Wildman–Crippen MR) is 263 cm³/mol. The summed E-state index contributed by atoms with van der Waals surface area (Å²) in [6, 6.07) is -5.13. The van der Waals surface area contributed by atoms with Gasteiger partial charge < -0.3 is 0 Å². The fraction of sp³-hybridized carbons (Fsp3) is 0.103. The normalized spacial score (nSPS) is 12.2. The van der Waals surface area contributed by atoms with Gasteiger partial charge in [0.15, 0.2) is 140 Å². The van der Waals surface area contributed by atoms with Crippen molar-refractivity contribution in [1.29, 1.82) is 0 Å². The summed E-state index contributed by atoms with van der Waals surface area (Å²) in [7, 11) is 0. The van der Waals surface area contributed by atoms with Crippen LogP contribution in [0.1, 0.15) is 19.8 Å². The van der Waals surface area contributed by atoms with E-state index in [9.17, 15) is 83.4 Å². The summed E-state index contributed by atoms with van der Waals surface area (Å²) in [5.74, 6) is -81.5. The topological polar surface area (TPSA) is 16.6 Å². The Morgan fingerprint density at radius 3 is 0.663 bits per heavy atom. The highest BCUT2D eigenvalue weighted by Crippen LogP contribution is 2.41. The fourth-order valence-electron chi connectivity index (χ4n) is 10.5. The van der Waals surface area contributed by atoms with Gasteiger partial charge in [-0.25, -0.2) is 132 Å². The van der Waals surface area contributed by atoms with Crippen molar-refractivity contribution in [2.45, 2.75) is 32.0 Å². The van der Waals surface area contributed by atoms with Crippen LogP contribution in [0.5, 0.6) is 0 Å². The zero-order chi connectivity index (χ0) is 71.4. The third-order valence-corrected chi connectivity index (χ3v) is 14.6. The largest absolute Gasteiger partial charge is 0.514 e. The molecule has 0 spiro atoms. The van der Waals surface area contributed by atoms with Crippen molar-refractivity contribution >= 4 is 71.1 Å². The summed E-state index contributed by atoms with van der Waals surface area (Å²) >= 11 is 0. The van der Waals surface area contributed by atoms with Crippen molar-refractivity contribution in [1.82, 2.24) is 0 Å². The quantitative estimate of drug-likeness (QED) is 0.0370. The molecule has 10 rings (SSSR count). The Labute approximate surface area is 502 Å². The van der Waals surface area contributed by atoms with Gasteiger partial charge in [-0.05, 0) is 52.2 Å². The number of fused-ring (bicyclic) bond motifs is 4. The van der Waals surface area contributed by atoms with Crippen LogP contribution in [0.25, 0.3) is 54.2 Å². The van der Waals surface area contributed by atoms with E-state index in [2.05, 4.69) is 0 Å². The van der Waals surface area contributed by atoms with Crippen molar-refractivity contribution in [2.75, 3.05) is 6.54 Å². The molecule has 0 aromatic heterocycles. The smallest absolute Gasteiger partial charge is 0.277 e. The van der Waals surface area contributed by atoms with Crippen LogP contribution in [0.4, 0.5) is 154 Å². The first kappa shape index (κ1) is 71.7. The Hall–Kier alpha value is -9.19. The SMILES string of the molecule is CCCC[NH2+]C(F)(F)C(F)(F)F.Fc1c(F)c(F)c(-c2c(F)c(F)c(F)c(F)c2F)c(F)c1F.Fc1ccc2c([B-](c3c(F)c(F)c(F)c4c(F)c(F)ccc34)(c3c(F)c(F)c(F)c4c(F)c(F)ccc34)c3c(F)c(F)c(F)c4c(F)c(F)ccc34)c(F)c(F)c(F)c2c1F. The Balaban J connectivity index is 0.000000277. The molecule has 10 aromatic carbocycles. The number of hydrogen-bond donors (Lipinski definition) is 1. The Bertz CT molecular complexity index is 4320. The van der Waals surface area contributed by atoms with Crippen LogP contribution in [0.15, 0.2) is 48.5 Å². The van der Waals surface area contributed by atoms with Crippen LogP contribution in [0.2, 0.25) is 0 Å². The Kier molecular flexibility index (Phi) is 19.2. The maximum atomic E-state index is 17.3. The first-order valence-electron chi connectivity index (χ1n) is 25.3. The summed E-state index contributed by atoms with van der Waals surface area (Å²) in [4.78, 5) is 0. The van der Waals surface area contributed by atoms with E-state index >= 15 is 70.2 Å². The molecule has 0 atom stereocenters. The van der Waals surface area contributed by atoms with Crippen molar-refractivity contribution in [3.8, 4) is 11.1 Å². The number of alkyl halides is 5. The van der Waals surface area contributed by atoms with Crippen LogP contribution in [0.3, 0.4) is 0 Å². The third kappa shape index (κ3) is 11.0. The Morgan fingerprint density at radius 2 is 0.463 bits per heavy atom. The van der Waals surface area contributed by atoms with Crippen LogP contribution >= 0.6 is 0 Å². The molecule has 0 aliphatic heterocycles. The molecule has 0 unspecified atom stereocenters. The lowest BCUT2D eigenvalue weighted by Gasteiger charge is -2.47. The van der Waals surface area contributed by atoms with Crippen LogP contribution in [-0.2, 0) is 0 Å². The van der Waals surface area contributed by atoms with Gasteiger partial charge in [0.05, 0.1) is 39.2 Å². The van der Waals surface area contributed by atoms with Gasteiger partial charge in [-0.2, -0.15) is 13.2 Å². The van der Waals surface area contributed by atoms with E-state index in [0.29, 0.717) is 12.8 Å². The molecule has 95 heavy (non-hydrogen) atoms. The molecule has 1 nitrogen and oxygen atoms in total. The number of quaternary nitrogens is 1. The van der Waals surface area contributed by atoms with Gasteiger partial charge in [0, 0.05) is 0 Å². The van der Waals surface area contributed by atoms with Gasteiger partial charge >= 0.3 is 12.2 Å². The van der Waals surface area contributed by atoms with Gasteiger partial charge in [-0.3, -0.25) is 5.32 Å². The lowest BCUT2D eigenvalue weighted by atomic mass is 9.11. The van der Waals surface area contributed by atoms with Gasteiger partial charge in [0.1, 0.15) is 29.4 Å². The van der Waals surface area contributed by atoms with E-state index in [0.717, 1.165) is 0 Å². The molecular formula is C58H19BF35N. The van der Waals surface area contributed by atoms with E-state index in [1.165, 1.54) is 0 Å². The molecule has 0 fully saturated rings. The lowest BCUT2D eigenvalue weighted by molar-refractivity contribution is -0.810. The monoisotopic (exact) mass is 1410 g/mol. The van der Waals surface area contributed by atoms with Crippen molar-refractivity contribution in [2.24, 2.45) is 0 Å². The summed E-state index contributed by atoms with van der Waals surface area (Å²) in [5, 5.41) is -16.2. The second-order valence-corrected chi connectivity index (χ2v) is 19.8. The molecular weight excluding hydrogens is 1390 g/mol. The average molecular weight is 1410 g/mol. The molecule has 504 valence electrons. The molecule has 0 radical (unpaired) electrons. The molecule has 2 N–H and O–H groups in total.